The van der Waals surface area contributed by atoms with E-state index in [1.54, 1.807) is 6.20 Å². The van der Waals surface area contributed by atoms with E-state index in [0.717, 1.165) is 5.82 Å². The Kier molecular flexibility index (Phi) is 3.90. The number of H-pyrrole nitrogens is 1. The van der Waals surface area contributed by atoms with Gasteiger partial charge < -0.3 is 10.7 Å². The van der Waals surface area contributed by atoms with Gasteiger partial charge in [0.25, 0.3) is 0 Å². The fourth-order valence-electron chi connectivity index (χ4n) is 1.56. The molecular weight excluding hydrogens is 276 g/mol. The zero-order valence-electron chi connectivity index (χ0n) is 9.67. The van der Waals surface area contributed by atoms with Crippen LogP contribution in [0.1, 0.15) is 18.7 Å². The number of aromatic amines is 1. The molecule has 0 fully saturated rings. The van der Waals surface area contributed by atoms with E-state index in [9.17, 15) is 4.39 Å². The molecule has 0 bridgehead atoms. The Bertz CT molecular complexity index is 568. The molecule has 3 N–H and O–H groups in total. The van der Waals surface area contributed by atoms with Gasteiger partial charge in [-0.1, -0.05) is 30.1 Å². The molecule has 18 heavy (non-hydrogen) atoms. The van der Waals surface area contributed by atoms with E-state index in [2.05, 4.69) is 9.97 Å². The maximum Gasteiger partial charge on any atom is 0.142 e. The molecule has 2 rings (SSSR count). The minimum Gasteiger partial charge on any atom is -0.342 e. The largest absolute Gasteiger partial charge is 0.342 e. The zero-order valence-corrected chi connectivity index (χ0v) is 11.2. The monoisotopic (exact) mass is 287 g/mol. The highest BCUT2D eigenvalue weighted by Crippen LogP contribution is 2.31. The molecule has 1 heterocycles. The molecule has 1 aromatic heterocycles. The summed E-state index contributed by atoms with van der Waals surface area (Å²) in [5.41, 5.74) is 6.74. The number of nitrogens with one attached hydrogen (secondary N) is 1. The number of hydrogen-bond donors (Lipinski definition) is 2. The Labute approximate surface area is 114 Å². The highest BCUT2D eigenvalue weighted by Gasteiger charge is 2.13. The molecule has 0 aliphatic carbocycles. The number of aromatic nitrogens is 2. The molecule has 0 saturated heterocycles. The Hall–Kier alpha value is -1.10. The molecule has 0 aliphatic rings. The molecule has 0 amide bonds. The number of halogens is 3. The van der Waals surface area contributed by atoms with Crippen LogP contribution in [-0.4, -0.2) is 16.5 Å². The maximum atomic E-state index is 13.4. The van der Waals surface area contributed by atoms with Gasteiger partial charge in [0.15, 0.2) is 0 Å². The van der Waals surface area contributed by atoms with Crippen LogP contribution in [0.5, 0.6) is 0 Å². The van der Waals surface area contributed by atoms with Gasteiger partial charge >= 0.3 is 0 Å². The van der Waals surface area contributed by atoms with Crippen LogP contribution in [-0.2, 0) is 0 Å². The zero-order chi connectivity index (χ0) is 13.3. The quantitative estimate of drug-likeness (QED) is 0.848. The highest BCUT2D eigenvalue weighted by molar-refractivity contribution is 6.36. The van der Waals surface area contributed by atoms with Gasteiger partial charge in [0.1, 0.15) is 11.6 Å². The van der Waals surface area contributed by atoms with E-state index in [-0.39, 0.29) is 10.9 Å². The Morgan fingerprint density at radius 1 is 1.39 bits per heavy atom. The second kappa shape index (κ2) is 5.26. The average molecular weight is 288 g/mol. The van der Waals surface area contributed by atoms with Crippen LogP contribution in [0.25, 0.3) is 11.3 Å². The summed E-state index contributed by atoms with van der Waals surface area (Å²) in [7, 11) is 0. The van der Waals surface area contributed by atoms with Gasteiger partial charge in [-0.15, -0.1) is 0 Å². The summed E-state index contributed by atoms with van der Waals surface area (Å²) in [5.74, 6) is 0.340. The lowest BCUT2D eigenvalue weighted by Gasteiger charge is -2.05. The summed E-state index contributed by atoms with van der Waals surface area (Å²) in [5, 5.41) is 0.371. The first-order chi connectivity index (χ1) is 8.52. The van der Waals surface area contributed by atoms with E-state index in [1.165, 1.54) is 12.1 Å². The SMILES string of the molecule is CC(CN)c1ncc(-c2cc(F)c(Cl)cc2Cl)[nH]1. The predicted octanol–water partition coefficient (Wildman–Crippen LogP) is 3.58. The minimum absolute atomic E-state index is 0.00110. The summed E-state index contributed by atoms with van der Waals surface area (Å²) in [6.07, 6.45) is 1.61. The third kappa shape index (κ3) is 2.51. The molecule has 3 nitrogen and oxygen atoms in total. The predicted molar refractivity (Wildman–Crippen MR) is 71.5 cm³/mol. The van der Waals surface area contributed by atoms with Crippen LogP contribution in [0.3, 0.4) is 0 Å². The average Bonchev–Trinajstić information content (AvgIpc) is 2.82. The summed E-state index contributed by atoms with van der Waals surface area (Å²) in [4.78, 5) is 7.29. The molecule has 1 aromatic carbocycles. The maximum absolute atomic E-state index is 13.4. The number of hydrogen-bond acceptors (Lipinski definition) is 2. The Balaban J connectivity index is 2.43. The lowest BCUT2D eigenvalue weighted by molar-refractivity contribution is 0.628. The second-order valence-corrected chi connectivity index (χ2v) is 4.88. The van der Waals surface area contributed by atoms with Gasteiger partial charge in [-0.3, -0.25) is 0 Å². The van der Waals surface area contributed by atoms with Gasteiger partial charge in [-0.25, -0.2) is 9.37 Å². The van der Waals surface area contributed by atoms with Crippen molar-refractivity contribution in [2.24, 2.45) is 5.73 Å². The first kappa shape index (κ1) is 13.3. The topological polar surface area (TPSA) is 54.7 Å². The molecule has 1 unspecified atom stereocenters. The van der Waals surface area contributed by atoms with Crippen LogP contribution in [0.2, 0.25) is 10.0 Å². The van der Waals surface area contributed by atoms with Crippen molar-refractivity contribution in [3.05, 3.63) is 40.0 Å². The number of rotatable bonds is 3. The smallest absolute Gasteiger partial charge is 0.142 e. The van der Waals surface area contributed by atoms with Crippen molar-refractivity contribution < 1.29 is 4.39 Å². The van der Waals surface area contributed by atoms with Crippen LogP contribution in [0.15, 0.2) is 18.3 Å². The molecule has 1 atom stereocenters. The minimum atomic E-state index is -0.515. The van der Waals surface area contributed by atoms with Gasteiger partial charge in [0.05, 0.1) is 21.9 Å². The second-order valence-electron chi connectivity index (χ2n) is 4.07. The highest BCUT2D eigenvalue weighted by atomic mass is 35.5. The summed E-state index contributed by atoms with van der Waals surface area (Å²) < 4.78 is 13.4. The lowest BCUT2D eigenvalue weighted by atomic mass is 10.1. The summed E-state index contributed by atoms with van der Waals surface area (Å²) in [6, 6.07) is 2.66. The van der Waals surface area contributed by atoms with Crippen molar-refractivity contribution in [3.8, 4) is 11.3 Å². The molecule has 2 aromatic rings. The number of benzene rings is 1. The van der Waals surface area contributed by atoms with E-state index in [1.807, 2.05) is 6.92 Å². The van der Waals surface area contributed by atoms with Crippen molar-refractivity contribution in [1.29, 1.82) is 0 Å². The van der Waals surface area contributed by atoms with Crippen molar-refractivity contribution in [2.75, 3.05) is 6.54 Å². The van der Waals surface area contributed by atoms with Crippen LogP contribution < -0.4 is 5.73 Å². The van der Waals surface area contributed by atoms with Crippen molar-refractivity contribution in [2.45, 2.75) is 12.8 Å². The van der Waals surface area contributed by atoms with Crippen LogP contribution in [0, 0.1) is 5.82 Å². The molecule has 0 radical (unpaired) electrons. The first-order valence-corrected chi connectivity index (χ1v) is 6.18. The molecule has 6 heteroatoms. The van der Waals surface area contributed by atoms with E-state index < -0.39 is 5.82 Å². The molecule has 0 saturated carbocycles. The van der Waals surface area contributed by atoms with Gasteiger partial charge in [0.2, 0.25) is 0 Å². The van der Waals surface area contributed by atoms with Crippen LogP contribution >= 0.6 is 23.2 Å². The summed E-state index contributed by atoms with van der Waals surface area (Å²) in [6.45, 7) is 2.43. The summed E-state index contributed by atoms with van der Waals surface area (Å²) >= 11 is 11.7. The van der Waals surface area contributed by atoms with E-state index >= 15 is 0 Å². The fraction of sp³-hybridized carbons (Fsp3) is 0.250. The number of imidazole rings is 1. The van der Waals surface area contributed by atoms with Gasteiger partial charge in [-0.2, -0.15) is 0 Å². The van der Waals surface area contributed by atoms with E-state index in [0.29, 0.717) is 22.8 Å². The van der Waals surface area contributed by atoms with E-state index in [4.69, 9.17) is 28.9 Å². The van der Waals surface area contributed by atoms with Crippen molar-refractivity contribution in [3.63, 3.8) is 0 Å². The first-order valence-electron chi connectivity index (χ1n) is 5.42. The molecule has 0 spiro atoms. The van der Waals surface area contributed by atoms with Crippen molar-refractivity contribution >= 4 is 23.2 Å². The molecule has 96 valence electrons. The van der Waals surface area contributed by atoms with Gasteiger partial charge in [-0.05, 0) is 12.1 Å². The fourth-order valence-corrected chi connectivity index (χ4v) is 2.05. The lowest BCUT2D eigenvalue weighted by Crippen LogP contribution is -2.10. The normalized spacial score (nSPS) is 12.7. The third-order valence-electron chi connectivity index (χ3n) is 2.72. The standard InChI is InChI=1S/C12H12Cl2FN3/c1-6(4-16)12-17-5-11(18-12)7-2-10(15)9(14)3-8(7)13/h2-3,5-6H,4,16H2,1H3,(H,17,18). The van der Waals surface area contributed by atoms with Crippen LogP contribution in [0.4, 0.5) is 4.39 Å². The molecule has 0 aliphatic heterocycles. The van der Waals surface area contributed by atoms with Gasteiger partial charge in [0, 0.05) is 18.0 Å². The Morgan fingerprint density at radius 3 is 2.78 bits per heavy atom. The molecular formula is C12H12Cl2FN3. The number of nitrogens with zero attached hydrogens (tertiary/aromatic N) is 1. The van der Waals surface area contributed by atoms with Crippen molar-refractivity contribution in [1.82, 2.24) is 9.97 Å². The Morgan fingerprint density at radius 2 is 2.11 bits per heavy atom. The number of nitrogens with two attached hydrogens (primary N) is 1. The third-order valence-corrected chi connectivity index (χ3v) is 3.32.